The maximum Gasteiger partial charge on any atom is 0.186 e. The number of nitrogens with zero attached hydrogens (tertiary/aromatic N) is 3. The summed E-state index contributed by atoms with van der Waals surface area (Å²) in [6.45, 7) is 5.54. The summed E-state index contributed by atoms with van der Waals surface area (Å²) in [5, 5.41) is 1.18. The van der Waals surface area contributed by atoms with Gasteiger partial charge in [-0.1, -0.05) is 47.7 Å². The number of fused-ring (bicyclic) bond motifs is 1. The number of thiazole rings is 1. The molecule has 2 aromatic carbocycles. The molecule has 0 unspecified atom stereocenters. The van der Waals surface area contributed by atoms with Gasteiger partial charge in [-0.2, -0.15) is 0 Å². The van der Waals surface area contributed by atoms with E-state index in [0.717, 1.165) is 39.1 Å². The molecule has 0 saturated carbocycles. The highest BCUT2D eigenvalue weighted by Crippen LogP contribution is 2.34. The topological polar surface area (TPSA) is 19.4 Å². The molecule has 0 atom stereocenters. The fraction of sp³-hybridized carbons (Fsp3) is 0.350. The van der Waals surface area contributed by atoms with Gasteiger partial charge in [-0.25, -0.2) is 4.98 Å². The van der Waals surface area contributed by atoms with Gasteiger partial charge in [-0.05, 0) is 30.4 Å². The minimum atomic E-state index is 1.07. The molecule has 0 spiro atoms. The molecule has 0 bridgehead atoms. The Hall–Kier alpha value is -1.56. The van der Waals surface area contributed by atoms with Crippen LogP contribution in [0.15, 0.2) is 53.4 Å². The number of rotatable bonds is 5. The van der Waals surface area contributed by atoms with Crippen LogP contribution >= 0.6 is 23.1 Å². The molecule has 3 nitrogen and oxygen atoms in total. The summed E-state index contributed by atoms with van der Waals surface area (Å²) >= 11 is 3.61. The van der Waals surface area contributed by atoms with Gasteiger partial charge in [0.25, 0.3) is 0 Å². The molecule has 3 aromatic rings. The second kappa shape index (κ2) is 7.77. The van der Waals surface area contributed by atoms with E-state index in [1.807, 2.05) is 11.3 Å². The van der Waals surface area contributed by atoms with Gasteiger partial charge in [-0.3, -0.25) is 4.90 Å². The minimum Gasteiger partial charge on any atom is -0.345 e. The number of hydrogen-bond donors (Lipinski definition) is 0. The van der Waals surface area contributed by atoms with Gasteiger partial charge < -0.3 is 4.90 Å². The lowest BCUT2D eigenvalue weighted by atomic mass is 10.1. The average Bonchev–Trinajstić information content (AvgIpc) is 3.12. The highest BCUT2D eigenvalue weighted by atomic mass is 32.2. The Bertz CT molecular complexity index is 823. The maximum atomic E-state index is 4.93. The molecule has 130 valence electrons. The van der Waals surface area contributed by atoms with Crippen LogP contribution in [0.3, 0.4) is 0 Å². The van der Waals surface area contributed by atoms with Crippen molar-refractivity contribution >= 4 is 38.4 Å². The van der Waals surface area contributed by atoms with Crippen molar-refractivity contribution in [2.45, 2.75) is 11.3 Å². The number of anilines is 1. The second-order valence-corrected chi connectivity index (χ2v) is 8.22. The van der Waals surface area contributed by atoms with E-state index in [9.17, 15) is 0 Å². The summed E-state index contributed by atoms with van der Waals surface area (Å²) in [6.07, 6.45) is 3.26. The summed E-state index contributed by atoms with van der Waals surface area (Å²) in [5.74, 6) is 0. The van der Waals surface area contributed by atoms with E-state index in [1.165, 1.54) is 25.8 Å². The third-order valence-electron chi connectivity index (χ3n) is 4.79. The molecule has 0 aliphatic carbocycles. The molecular weight excluding hydrogens is 346 g/mol. The van der Waals surface area contributed by atoms with E-state index in [-0.39, 0.29) is 0 Å². The van der Waals surface area contributed by atoms with Crippen LogP contribution < -0.4 is 4.90 Å². The van der Waals surface area contributed by atoms with E-state index in [1.54, 1.807) is 11.8 Å². The lowest BCUT2D eigenvalue weighted by Gasteiger charge is -2.34. The van der Waals surface area contributed by atoms with Gasteiger partial charge in [0, 0.05) is 37.6 Å². The molecular formula is C20H23N3S2. The van der Waals surface area contributed by atoms with Crippen molar-refractivity contribution in [3.05, 3.63) is 54.1 Å². The number of hydrogen-bond acceptors (Lipinski definition) is 5. The number of para-hydroxylation sites is 1. The van der Waals surface area contributed by atoms with Gasteiger partial charge in [-0.15, -0.1) is 11.8 Å². The lowest BCUT2D eigenvalue weighted by molar-refractivity contribution is 0.261. The van der Waals surface area contributed by atoms with Gasteiger partial charge >= 0.3 is 0 Å². The summed E-state index contributed by atoms with van der Waals surface area (Å²) in [5.41, 5.74) is 2.60. The smallest absolute Gasteiger partial charge is 0.186 e. The van der Waals surface area contributed by atoms with Crippen LogP contribution in [0.4, 0.5) is 5.13 Å². The second-order valence-electron chi connectivity index (χ2n) is 6.37. The van der Waals surface area contributed by atoms with Crippen molar-refractivity contribution in [2.75, 3.05) is 43.9 Å². The molecule has 1 saturated heterocycles. The zero-order chi connectivity index (χ0) is 17.1. The number of piperazine rings is 1. The molecule has 1 fully saturated rings. The van der Waals surface area contributed by atoms with Gasteiger partial charge in [0.15, 0.2) is 5.13 Å². The molecule has 2 heterocycles. The molecule has 0 N–H and O–H groups in total. The first-order valence-electron chi connectivity index (χ1n) is 8.78. The zero-order valence-electron chi connectivity index (χ0n) is 14.5. The third kappa shape index (κ3) is 3.84. The minimum absolute atomic E-state index is 1.07. The van der Waals surface area contributed by atoms with Crippen molar-refractivity contribution in [1.29, 1.82) is 0 Å². The summed E-state index contributed by atoms with van der Waals surface area (Å²) in [6, 6.07) is 17.3. The van der Waals surface area contributed by atoms with Crippen molar-refractivity contribution < 1.29 is 0 Å². The van der Waals surface area contributed by atoms with Crippen LogP contribution in [0.25, 0.3) is 10.2 Å². The zero-order valence-corrected chi connectivity index (χ0v) is 16.2. The molecule has 1 aliphatic heterocycles. The molecule has 4 rings (SSSR count). The normalized spacial score (nSPS) is 15.8. The fourth-order valence-corrected chi connectivity index (χ4v) is 4.98. The average molecular weight is 370 g/mol. The highest BCUT2D eigenvalue weighted by Gasteiger charge is 2.20. The van der Waals surface area contributed by atoms with E-state index in [4.69, 9.17) is 4.98 Å². The van der Waals surface area contributed by atoms with Gasteiger partial charge in [0.2, 0.25) is 0 Å². The first-order chi connectivity index (χ1) is 12.3. The van der Waals surface area contributed by atoms with Crippen molar-refractivity contribution in [3.8, 4) is 0 Å². The Balaban J connectivity index is 1.37. The van der Waals surface area contributed by atoms with Crippen LogP contribution in [0.2, 0.25) is 0 Å². The predicted molar refractivity (Wildman–Crippen MR) is 110 cm³/mol. The quantitative estimate of drug-likeness (QED) is 0.621. The summed E-state index contributed by atoms with van der Waals surface area (Å²) in [4.78, 5) is 11.2. The van der Waals surface area contributed by atoms with Crippen LogP contribution in [-0.4, -0.2) is 48.9 Å². The monoisotopic (exact) mass is 369 g/mol. The largest absolute Gasteiger partial charge is 0.345 e. The molecule has 1 aromatic heterocycles. The van der Waals surface area contributed by atoms with E-state index in [0.29, 0.717) is 0 Å². The van der Waals surface area contributed by atoms with Crippen molar-refractivity contribution in [2.24, 2.45) is 0 Å². The molecule has 0 radical (unpaired) electrons. The van der Waals surface area contributed by atoms with E-state index >= 15 is 0 Å². The molecule has 1 aliphatic rings. The Kier molecular flexibility index (Phi) is 5.25. The number of thioether (sulfide) groups is 1. The van der Waals surface area contributed by atoms with Crippen LogP contribution in [0, 0.1) is 0 Å². The maximum absolute atomic E-state index is 4.93. The lowest BCUT2D eigenvalue weighted by Crippen LogP contribution is -2.46. The highest BCUT2D eigenvalue weighted by molar-refractivity contribution is 7.98. The standard InChI is InChI=1S/C20H23N3S2/c1-24-17-8-5-9-18-19(17)21-20(25-18)23-14-12-22(13-15-23)11-10-16-6-3-2-4-7-16/h2-9H,10-15H2,1H3. The van der Waals surface area contributed by atoms with Gasteiger partial charge in [0.05, 0.1) is 10.2 Å². The summed E-state index contributed by atoms with van der Waals surface area (Å²) in [7, 11) is 0. The van der Waals surface area contributed by atoms with Crippen LogP contribution in [0.5, 0.6) is 0 Å². The Morgan fingerprint density at radius 1 is 1.00 bits per heavy atom. The van der Waals surface area contributed by atoms with E-state index < -0.39 is 0 Å². The van der Waals surface area contributed by atoms with Crippen LogP contribution in [0.1, 0.15) is 5.56 Å². The first-order valence-corrected chi connectivity index (χ1v) is 10.8. The molecule has 0 amide bonds. The number of aromatic nitrogens is 1. The van der Waals surface area contributed by atoms with Crippen molar-refractivity contribution in [3.63, 3.8) is 0 Å². The van der Waals surface area contributed by atoms with Crippen molar-refractivity contribution in [1.82, 2.24) is 9.88 Å². The Morgan fingerprint density at radius 2 is 1.80 bits per heavy atom. The Labute approximate surface area is 157 Å². The van der Waals surface area contributed by atoms with Gasteiger partial charge in [0.1, 0.15) is 0 Å². The van der Waals surface area contributed by atoms with Crippen LogP contribution in [-0.2, 0) is 6.42 Å². The molecule has 5 heteroatoms. The Morgan fingerprint density at radius 3 is 2.56 bits per heavy atom. The predicted octanol–water partition coefficient (Wildman–Crippen LogP) is 4.38. The SMILES string of the molecule is CSc1cccc2sc(N3CCN(CCc4ccccc4)CC3)nc12. The first kappa shape index (κ1) is 16.9. The number of benzene rings is 2. The summed E-state index contributed by atoms with van der Waals surface area (Å²) < 4.78 is 1.30. The van der Waals surface area contributed by atoms with E-state index in [2.05, 4.69) is 64.6 Å². The third-order valence-corrected chi connectivity index (χ3v) is 6.64. The fourth-order valence-electron chi connectivity index (χ4n) is 3.31. The molecule has 25 heavy (non-hydrogen) atoms.